The molecule has 8 heteroatoms. The fraction of sp³-hybridized carbons (Fsp3) is 0.318. The number of benzene rings is 2. The summed E-state index contributed by atoms with van der Waals surface area (Å²) >= 11 is 0. The zero-order valence-electron chi connectivity index (χ0n) is 17.1. The second kappa shape index (κ2) is 10.3. The molecule has 0 spiro atoms. The number of tetrazole rings is 1. The van der Waals surface area contributed by atoms with E-state index in [-0.39, 0.29) is 24.9 Å². The third-order valence-corrected chi connectivity index (χ3v) is 4.47. The summed E-state index contributed by atoms with van der Waals surface area (Å²) in [7, 11) is 0. The molecule has 8 nitrogen and oxygen atoms in total. The molecule has 0 aliphatic rings. The average Bonchev–Trinajstić information content (AvgIpc) is 3.27. The maximum atomic E-state index is 12.6. The van der Waals surface area contributed by atoms with Gasteiger partial charge in [0, 0.05) is 0 Å². The van der Waals surface area contributed by atoms with E-state index >= 15 is 0 Å². The molecule has 1 heterocycles. The first-order chi connectivity index (χ1) is 14.5. The van der Waals surface area contributed by atoms with Crippen LogP contribution in [0, 0.1) is 5.92 Å². The second-order valence-electron chi connectivity index (χ2n) is 7.44. The van der Waals surface area contributed by atoms with Gasteiger partial charge in [0.05, 0.1) is 12.1 Å². The van der Waals surface area contributed by atoms with Crippen LogP contribution in [0.4, 0.5) is 0 Å². The lowest BCUT2D eigenvalue weighted by Gasteiger charge is -2.19. The van der Waals surface area contributed by atoms with Gasteiger partial charge in [-0.2, -0.15) is 0 Å². The highest BCUT2D eigenvalue weighted by molar-refractivity contribution is 5.85. The number of carbonyl (C=O) groups is 2. The van der Waals surface area contributed by atoms with Crippen LogP contribution in [0.15, 0.2) is 60.9 Å². The smallest absolute Gasteiger partial charge is 0.328 e. The number of nitrogens with zero attached hydrogens (tertiary/aromatic N) is 4. The Labute approximate surface area is 175 Å². The molecule has 0 bridgehead atoms. The minimum atomic E-state index is -0.679. The first-order valence-electron chi connectivity index (χ1n) is 9.83. The van der Waals surface area contributed by atoms with Crippen LogP contribution in [0.1, 0.15) is 31.4 Å². The van der Waals surface area contributed by atoms with Crippen molar-refractivity contribution in [3.8, 4) is 5.69 Å². The molecule has 0 saturated heterocycles. The van der Waals surface area contributed by atoms with Crippen LogP contribution < -0.4 is 5.32 Å². The Balaban J connectivity index is 1.57. The number of nitrogens with one attached hydrogen (secondary N) is 1. The summed E-state index contributed by atoms with van der Waals surface area (Å²) in [4.78, 5) is 25.1. The Morgan fingerprint density at radius 3 is 2.40 bits per heavy atom. The van der Waals surface area contributed by atoms with E-state index in [9.17, 15) is 9.59 Å². The molecule has 0 fully saturated rings. The van der Waals surface area contributed by atoms with Gasteiger partial charge in [0.25, 0.3) is 0 Å². The van der Waals surface area contributed by atoms with Crippen molar-refractivity contribution in [2.75, 3.05) is 0 Å². The maximum absolute atomic E-state index is 12.6. The maximum Gasteiger partial charge on any atom is 0.328 e. The number of ether oxygens (including phenoxy) is 1. The molecule has 0 aliphatic carbocycles. The molecule has 1 aromatic heterocycles. The molecule has 3 rings (SSSR count). The van der Waals surface area contributed by atoms with Gasteiger partial charge in [-0.3, -0.25) is 4.79 Å². The Bertz CT molecular complexity index is 941. The molecule has 0 radical (unpaired) electrons. The summed E-state index contributed by atoms with van der Waals surface area (Å²) < 4.78 is 6.96. The fourth-order valence-corrected chi connectivity index (χ4v) is 2.99. The van der Waals surface area contributed by atoms with Crippen molar-refractivity contribution in [1.82, 2.24) is 25.5 Å². The summed E-state index contributed by atoms with van der Waals surface area (Å²) in [6.45, 7) is 4.19. The predicted octanol–water partition coefficient (Wildman–Crippen LogP) is 2.48. The minimum Gasteiger partial charge on any atom is -0.459 e. The van der Waals surface area contributed by atoms with Crippen LogP contribution in [-0.2, 0) is 27.4 Å². The van der Waals surface area contributed by atoms with Gasteiger partial charge < -0.3 is 10.1 Å². The molecule has 1 N–H and O–H groups in total. The summed E-state index contributed by atoms with van der Waals surface area (Å²) in [6, 6.07) is 16.1. The van der Waals surface area contributed by atoms with Crippen molar-refractivity contribution in [3.05, 3.63) is 72.1 Å². The van der Waals surface area contributed by atoms with Crippen LogP contribution in [0.2, 0.25) is 0 Å². The summed E-state index contributed by atoms with van der Waals surface area (Å²) in [6.07, 6.45) is 2.17. The van der Waals surface area contributed by atoms with Gasteiger partial charge in [-0.05, 0) is 46.0 Å². The molecule has 0 saturated carbocycles. The quantitative estimate of drug-likeness (QED) is 0.547. The van der Waals surface area contributed by atoms with E-state index in [4.69, 9.17) is 4.74 Å². The predicted molar refractivity (Wildman–Crippen MR) is 110 cm³/mol. The highest BCUT2D eigenvalue weighted by Gasteiger charge is 2.23. The normalized spacial score (nSPS) is 11.8. The number of esters is 1. The molecule has 1 atom stereocenters. The van der Waals surface area contributed by atoms with Crippen molar-refractivity contribution < 1.29 is 14.3 Å². The monoisotopic (exact) mass is 407 g/mol. The molecule has 30 heavy (non-hydrogen) atoms. The van der Waals surface area contributed by atoms with Gasteiger partial charge in [0.15, 0.2) is 0 Å². The van der Waals surface area contributed by atoms with Crippen molar-refractivity contribution in [2.45, 2.75) is 39.3 Å². The largest absolute Gasteiger partial charge is 0.459 e. The summed E-state index contributed by atoms with van der Waals surface area (Å²) in [5, 5.41) is 13.9. The highest BCUT2D eigenvalue weighted by atomic mass is 16.5. The second-order valence-corrected chi connectivity index (χ2v) is 7.44. The van der Waals surface area contributed by atoms with E-state index in [2.05, 4.69) is 20.8 Å². The molecule has 0 aliphatic heterocycles. The van der Waals surface area contributed by atoms with E-state index in [1.54, 1.807) is 0 Å². The van der Waals surface area contributed by atoms with Crippen molar-refractivity contribution >= 4 is 11.9 Å². The topological polar surface area (TPSA) is 99.0 Å². The molecule has 3 aromatic rings. The molecule has 2 aromatic carbocycles. The van der Waals surface area contributed by atoms with E-state index in [1.807, 2.05) is 68.4 Å². The van der Waals surface area contributed by atoms with Crippen molar-refractivity contribution in [1.29, 1.82) is 0 Å². The third-order valence-electron chi connectivity index (χ3n) is 4.47. The lowest BCUT2D eigenvalue weighted by molar-refractivity contribution is -0.149. The highest BCUT2D eigenvalue weighted by Crippen LogP contribution is 2.11. The van der Waals surface area contributed by atoms with E-state index in [1.165, 1.54) is 11.0 Å². The molecule has 0 unspecified atom stereocenters. The summed E-state index contributed by atoms with van der Waals surface area (Å²) in [5.74, 6) is -0.419. The average molecular weight is 407 g/mol. The van der Waals surface area contributed by atoms with Crippen LogP contribution in [0.25, 0.3) is 5.69 Å². The Morgan fingerprint density at radius 1 is 1.03 bits per heavy atom. The standard InChI is InChI=1S/C22H25N5O3/c1-16(2)12-20(22(29)30-14-18-6-4-3-5-7-18)24-21(28)13-17-8-10-19(11-9-17)27-15-23-25-26-27/h3-11,15-16,20H,12-14H2,1-2H3,(H,24,28)/t20-/m0/s1. The number of hydrogen-bond donors (Lipinski definition) is 1. The van der Waals surface area contributed by atoms with Gasteiger partial charge in [-0.15, -0.1) is 5.10 Å². The van der Waals surface area contributed by atoms with Crippen LogP contribution in [-0.4, -0.2) is 38.1 Å². The fourth-order valence-electron chi connectivity index (χ4n) is 2.99. The number of aromatic nitrogens is 4. The third kappa shape index (κ3) is 6.23. The molecular formula is C22H25N5O3. The van der Waals surface area contributed by atoms with Gasteiger partial charge >= 0.3 is 5.97 Å². The first-order valence-corrected chi connectivity index (χ1v) is 9.83. The summed E-state index contributed by atoms with van der Waals surface area (Å²) in [5.41, 5.74) is 2.53. The van der Waals surface area contributed by atoms with Crippen molar-refractivity contribution in [2.24, 2.45) is 5.92 Å². The van der Waals surface area contributed by atoms with Crippen LogP contribution in [0.3, 0.4) is 0 Å². The van der Waals surface area contributed by atoms with E-state index in [0.717, 1.165) is 16.8 Å². The van der Waals surface area contributed by atoms with Crippen LogP contribution in [0.5, 0.6) is 0 Å². The zero-order valence-corrected chi connectivity index (χ0v) is 17.1. The Kier molecular flexibility index (Phi) is 7.26. The van der Waals surface area contributed by atoms with Gasteiger partial charge in [-0.25, -0.2) is 9.48 Å². The lowest BCUT2D eigenvalue weighted by Crippen LogP contribution is -2.43. The number of rotatable bonds is 9. The Morgan fingerprint density at radius 2 is 1.77 bits per heavy atom. The van der Waals surface area contributed by atoms with E-state index in [0.29, 0.717) is 6.42 Å². The van der Waals surface area contributed by atoms with Gasteiger partial charge in [0.2, 0.25) is 5.91 Å². The first kappa shape index (κ1) is 21.2. The van der Waals surface area contributed by atoms with Gasteiger partial charge in [-0.1, -0.05) is 56.3 Å². The van der Waals surface area contributed by atoms with Crippen LogP contribution >= 0.6 is 0 Å². The number of amides is 1. The molecular weight excluding hydrogens is 382 g/mol. The lowest BCUT2D eigenvalue weighted by atomic mass is 10.0. The molecule has 156 valence electrons. The van der Waals surface area contributed by atoms with Gasteiger partial charge in [0.1, 0.15) is 19.0 Å². The number of carbonyl (C=O) groups excluding carboxylic acids is 2. The van der Waals surface area contributed by atoms with E-state index < -0.39 is 12.0 Å². The number of hydrogen-bond acceptors (Lipinski definition) is 6. The minimum absolute atomic E-state index is 0.163. The Hall–Kier alpha value is -3.55. The SMILES string of the molecule is CC(C)C[C@H](NC(=O)Cc1ccc(-n2cnnn2)cc1)C(=O)OCc1ccccc1. The molecule has 1 amide bonds. The van der Waals surface area contributed by atoms with Crippen molar-refractivity contribution in [3.63, 3.8) is 0 Å². The zero-order chi connectivity index (χ0) is 21.3.